The Morgan fingerprint density at radius 2 is 2.21 bits per heavy atom. The Hall–Kier alpha value is -1.73. The second kappa shape index (κ2) is 7.90. The van der Waals surface area contributed by atoms with Crippen LogP contribution in [0.4, 0.5) is 4.39 Å². The quantitative estimate of drug-likeness (QED) is 0.785. The van der Waals surface area contributed by atoms with Crippen molar-refractivity contribution in [2.75, 3.05) is 6.61 Å². The Morgan fingerprint density at radius 1 is 1.50 bits per heavy atom. The molecule has 0 saturated heterocycles. The number of aliphatic hydroxyl groups excluding tert-OH is 1. The van der Waals surface area contributed by atoms with Crippen LogP contribution in [0.5, 0.6) is 0 Å². The second-order valence-electron chi connectivity index (χ2n) is 5.80. The van der Waals surface area contributed by atoms with Crippen LogP contribution >= 0.6 is 15.9 Å². The molecule has 1 amide bonds. The van der Waals surface area contributed by atoms with Crippen molar-refractivity contribution >= 4 is 21.8 Å². The third-order valence-electron chi connectivity index (χ3n) is 4.24. The number of halogens is 2. The van der Waals surface area contributed by atoms with E-state index in [1.807, 2.05) is 13.8 Å². The van der Waals surface area contributed by atoms with E-state index in [4.69, 9.17) is 0 Å². The molecule has 5 nitrogen and oxygen atoms in total. The van der Waals surface area contributed by atoms with Crippen molar-refractivity contribution in [3.63, 3.8) is 0 Å². The van der Waals surface area contributed by atoms with Gasteiger partial charge in [0.1, 0.15) is 11.5 Å². The normalized spacial score (nSPS) is 13.6. The van der Waals surface area contributed by atoms with Gasteiger partial charge < -0.3 is 10.4 Å². The fourth-order valence-electron chi connectivity index (χ4n) is 2.43. The maximum absolute atomic E-state index is 14.1. The zero-order chi connectivity index (χ0) is 17.9. The molecule has 0 fully saturated rings. The van der Waals surface area contributed by atoms with Crippen LogP contribution in [0.25, 0.3) is 5.69 Å². The lowest BCUT2D eigenvalue weighted by atomic mass is 9.99. The van der Waals surface area contributed by atoms with Crippen LogP contribution in [-0.2, 0) is 0 Å². The van der Waals surface area contributed by atoms with E-state index < -0.39 is 5.82 Å². The maximum atomic E-state index is 14.1. The number of hydrogen-bond donors (Lipinski definition) is 2. The van der Waals surface area contributed by atoms with Crippen molar-refractivity contribution < 1.29 is 14.3 Å². The molecule has 0 aliphatic rings. The average Bonchev–Trinajstić information content (AvgIpc) is 2.93. The second-order valence-corrected chi connectivity index (χ2v) is 6.71. The number of benzene rings is 1. The van der Waals surface area contributed by atoms with Gasteiger partial charge in [-0.1, -0.05) is 36.2 Å². The Balaban J connectivity index is 2.27. The van der Waals surface area contributed by atoms with E-state index in [2.05, 4.69) is 26.3 Å². The number of carbonyl (C=O) groups is 1. The molecule has 1 aromatic heterocycles. The van der Waals surface area contributed by atoms with Gasteiger partial charge in [0.2, 0.25) is 0 Å². The fourth-order valence-corrected chi connectivity index (χ4v) is 2.76. The van der Waals surface area contributed by atoms with Crippen LogP contribution in [0.3, 0.4) is 0 Å². The van der Waals surface area contributed by atoms with E-state index in [1.54, 1.807) is 19.1 Å². The summed E-state index contributed by atoms with van der Waals surface area (Å²) in [5.74, 6) is -0.607. The molecule has 130 valence electrons. The highest BCUT2D eigenvalue weighted by atomic mass is 79.9. The summed E-state index contributed by atoms with van der Waals surface area (Å²) in [4.78, 5) is 12.5. The number of aromatic nitrogens is 2. The number of amides is 1. The zero-order valence-electron chi connectivity index (χ0n) is 13.9. The van der Waals surface area contributed by atoms with Crippen molar-refractivity contribution in [1.82, 2.24) is 15.1 Å². The number of rotatable bonds is 6. The van der Waals surface area contributed by atoms with Gasteiger partial charge in [-0.25, -0.2) is 9.07 Å². The summed E-state index contributed by atoms with van der Waals surface area (Å²) in [7, 11) is 0. The molecule has 2 aromatic rings. The molecule has 0 spiro atoms. The van der Waals surface area contributed by atoms with Crippen molar-refractivity contribution in [3.8, 4) is 5.69 Å². The van der Waals surface area contributed by atoms with E-state index in [0.29, 0.717) is 15.7 Å². The number of aliphatic hydroxyl groups is 1. The molecular weight excluding hydrogens is 377 g/mol. The minimum atomic E-state index is -0.435. The molecule has 0 saturated carbocycles. The Labute approximate surface area is 149 Å². The molecule has 2 rings (SSSR count). The summed E-state index contributed by atoms with van der Waals surface area (Å²) >= 11 is 3.21. The van der Waals surface area contributed by atoms with Gasteiger partial charge in [0, 0.05) is 4.47 Å². The molecule has 2 N–H and O–H groups in total. The summed E-state index contributed by atoms with van der Waals surface area (Å²) in [6, 6.07) is 4.33. The third-order valence-corrected chi connectivity index (χ3v) is 4.73. The highest BCUT2D eigenvalue weighted by Crippen LogP contribution is 2.21. The monoisotopic (exact) mass is 397 g/mol. The van der Waals surface area contributed by atoms with Crippen LogP contribution in [0.1, 0.15) is 36.3 Å². The summed E-state index contributed by atoms with van der Waals surface area (Å²) in [5, 5.41) is 16.4. The summed E-state index contributed by atoms with van der Waals surface area (Å²) < 4.78 is 16.1. The Kier molecular flexibility index (Phi) is 6.12. The average molecular weight is 398 g/mol. The van der Waals surface area contributed by atoms with Gasteiger partial charge >= 0.3 is 0 Å². The minimum Gasteiger partial charge on any atom is -0.394 e. The fraction of sp³-hybridized carbons (Fsp3) is 0.412. The van der Waals surface area contributed by atoms with Crippen molar-refractivity contribution in [2.45, 2.75) is 33.2 Å². The lowest BCUT2D eigenvalue weighted by Crippen LogP contribution is -2.42. The highest BCUT2D eigenvalue weighted by Gasteiger charge is 2.22. The zero-order valence-corrected chi connectivity index (χ0v) is 15.5. The molecule has 7 heteroatoms. The molecule has 2 atom stereocenters. The molecule has 24 heavy (non-hydrogen) atoms. The molecular formula is C17H21BrFN3O2. The third kappa shape index (κ3) is 3.84. The number of nitrogens with one attached hydrogen (secondary N) is 1. The Bertz CT molecular complexity index is 733. The van der Waals surface area contributed by atoms with E-state index in [9.17, 15) is 14.3 Å². The maximum Gasteiger partial charge on any atom is 0.255 e. The molecule has 0 bridgehead atoms. The topological polar surface area (TPSA) is 67.2 Å². The summed E-state index contributed by atoms with van der Waals surface area (Å²) in [5.41, 5.74) is 1.17. The predicted molar refractivity (Wildman–Crippen MR) is 93.8 cm³/mol. The van der Waals surface area contributed by atoms with Gasteiger partial charge in [-0.3, -0.25) is 4.79 Å². The van der Waals surface area contributed by atoms with E-state index in [-0.39, 0.29) is 30.2 Å². The lowest BCUT2D eigenvalue weighted by molar-refractivity contribution is 0.0890. The van der Waals surface area contributed by atoms with Crippen LogP contribution < -0.4 is 5.32 Å². The van der Waals surface area contributed by atoms with E-state index in [1.165, 1.54) is 16.9 Å². The van der Waals surface area contributed by atoms with Gasteiger partial charge in [-0.2, -0.15) is 5.10 Å². The first kappa shape index (κ1) is 18.6. The van der Waals surface area contributed by atoms with E-state index >= 15 is 0 Å². The highest BCUT2D eigenvalue weighted by molar-refractivity contribution is 9.10. The molecule has 0 aliphatic heterocycles. The number of nitrogens with zero attached hydrogens (tertiary/aromatic N) is 2. The van der Waals surface area contributed by atoms with Crippen LogP contribution in [0.2, 0.25) is 0 Å². The first-order valence-corrected chi connectivity index (χ1v) is 8.60. The van der Waals surface area contributed by atoms with Gasteiger partial charge in [-0.15, -0.1) is 0 Å². The first-order valence-electron chi connectivity index (χ1n) is 7.80. The largest absolute Gasteiger partial charge is 0.394 e. The van der Waals surface area contributed by atoms with Crippen LogP contribution in [0.15, 0.2) is 28.9 Å². The van der Waals surface area contributed by atoms with Gasteiger partial charge in [0.05, 0.1) is 30.1 Å². The van der Waals surface area contributed by atoms with Gasteiger partial charge in [-0.05, 0) is 31.0 Å². The first-order chi connectivity index (χ1) is 11.4. The molecule has 2 unspecified atom stereocenters. The van der Waals surface area contributed by atoms with E-state index in [0.717, 1.165) is 6.42 Å². The lowest BCUT2D eigenvalue weighted by Gasteiger charge is -2.22. The minimum absolute atomic E-state index is 0.130. The van der Waals surface area contributed by atoms with Gasteiger partial charge in [0.15, 0.2) is 0 Å². The molecule has 1 heterocycles. The standard InChI is InChI=1S/C17H21BrFN3O2/c1-4-10(2)15(9-23)21-17(24)13-8-20-22(11(13)3)16-6-5-12(18)7-14(16)19/h5-8,10,15,23H,4,9H2,1-3H3,(H,21,24). The SMILES string of the molecule is CCC(C)C(CO)NC(=O)c1cnn(-c2ccc(Br)cc2F)c1C. The van der Waals surface area contributed by atoms with Crippen LogP contribution in [-0.4, -0.2) is 33.4 Å². The summed E-state index contributed by atoms with van der Waals surface area (Å²) in [6.07, 6.45) is 2.26. The Morgan fingerprint density at radius 3 is 2.79 bits per heavy atom. The van der Waals surface area contributed by atoms with Gasteiger partial charge in [0.25, 0.3) is 5.91 Å². The number of carbonyl (C=O) groups excluding carboxylic acids is 1. The summed E-state index contributed by atoms with van der Waals surface area (Å²) in [6.45, 7) is 5.55. The number of hydrogen-bond acceptors (Lipinski definition) is 3. The molecule has 0 aliphatic carbocycles. The smallest absolute Gasteiger partial charge is 0.255 e. The van der Waals surface area contributed by atoms with Crippen molar-refractivity contribution in [2.24, 2.45) is 5.92 Å². The van der Waals surface area contributed by atoms with Crippen molar-refractivity contribution in [1.29, 1.82) is 0 Å². The molecule has 1 aromatic carbocycles. The van der Waals surface area contributed by atoms with Crippen molar-refractivity contribution in [3.05, 3.63) is 45.9 Å². The predicted octanol–water partition coefficient (Wildman–Crippen LogP) is 3.22. The van der Waals surface area contributed by atoms with Crippen LogP contribution in [0, 0.1) is 18.7 Å². The molecule has 0 radical (unpaired) electrons.